The first-order valence-electron chi connectivity index (χ1n) is 11.2. The summed E-state index contributed by atoms with van der Waals surface area (Å²) in [5, 5.41) is 6.87. The summed E-state index contributed by atoms with van der Waals surface area (Å²) in [6.45, 7) is 4.24. The van der Waals surface area contributed by atoms with Crippen molar-refractivity contribution in [3.05, 3.63) is 115 Å². The molecule has 1 heterocycles. The van der Waals surface area contributed by atoms with Gasteiger partial charge < -0.3 is 4.74 Å². The lowest BCUT2D eigenvalue weighted by atomic mass is 9.91. The van der Waals surface area contributed by atoms with Crippen molar-refractivity contribution >= 4 is 32.3 Å². The topological polar surface area (TPSA) is 22.1 Å². The van der Waals surface area contributed by atoms with Crippen molar-refractivity contribution in [2.45, 2.75) is 13.8 Å². The SMILES string of the molecule is Cc1ccc(Oc2c3ccccc3c(-c3ccc4ccccc4c3)c3cnccc23)cc1C. The van der Waals surface area contributed by atoms with Gasteiger partial charge in [0.2, 0.25) is 0 Å². The third-order valence-electron chi connectivity index (χ3n) is 6.51. The Hall–Kier alpha value is -4.17. The molecule has 2 heteroatoms. The molecule has 0 amide bonds. The number of hydrogen-bond donors (Lipinski definition) is 0. The summed E-state index contributed by atoms with van der Waals surface area (Å²) in [5.74, 6) is 1.72. The van der Waals surface area contributed by atoms with Crippen LogP contribution in [0.25, 0.3) is 43.4 Å². The van der Waals surface area contributed by atoms with Crippen molar-refractivity contribution in [1.29, 1.82) is 0 Å². The molecule has 33 heavy (non-hydrogen) atoms. The molecule has 0 fully saturated rings. The number of hydrogen-bond acceptors (Lipinski definition) is 2. The maximum Gasteiger partial charge on any atom is 0.143 e. The molecule has 6 aromatic rings. The minimum Gasteiger partial charge on any atom is -0.456 e. The van der Waals surface area contributed by atoms with Crippen molar-refractivity contribution in [3.63, 3.8) is 0 Å². The standard InChI is InChI=1S/C31H23NO/c1-20-11-14-25(17-21(20)2)33-31-27-10-6-5-9-26(27)30(29-19-32-16-15-28(29)31)24-13-12-22-7-3-4-8-23(22)18-24/h3-19H,1-2H3. The van der Waals surface area contributed by atoms with Crippen LogP contribution in [0, 0.1) is 13.8 Å². The van der Waals surface area contributed by atoms with Crippen molar-refractivity contribution in [2.75, 3.05) is 0 Å². The zero-order chi connectivity index (χ0) is 22.4. The van der Waals surface area contributed by atoms with Crippen LogP contribution in [-0.4, -0.2) is 4.98 Å². The number of pyridine rings is 1. The van der Waals surface area contributed by atoms with Gasteiger partial charge in [-0.2, -0.15) is 0 Å². The molecule has 0 bridgehead atoms. The molecule has 1 aromatic heterocycles. The van der Waals surface area contributed by atoms with E-state index in [-0.39, 0.29) is 0 Å². The molecule has 0 saturated heterocycles. The molecule has 0 atom stereocenters. The molecule has 5 aromatic carbocycles. The van der Waals surface area contributed by atoms with Gasteiger partial charge in [0.1, 0.15) is 11.5 Å². The minimum atomic E-state index is 0.847. The average molecular weight is 426 g/mol. The summed E-state index contributed by atoms with van der Waals surface area (Å²) < 4.78 is 6.57. The fourth-order valence-corrected chi connectivity index (χ4v) is 4.64. The molecule has 0 saturated carbocycles. The first-order valence-corrected chi connectivity index (χ1v) is 11.2. The van der Waals surface area contributed by atoms with Crippen LogP contribution in [-0.2, 0) is 0 Å². The van der Waals surface area contributed by atoms with Crippen LogP contribution < -0.4 is 4.74 Å². The maximum absolute atomic E-state index is 6.57. The molecule has 0 radical (unpaired) electrons. The van der Waals surface area contributed by atoms with E-state index in [0.717, 1.165) is 33.0 Å². The highest BCUT2D eigenvalue weighted by Gasteiger charge is 2.17. The smallest absolute Gasteiger partial charge is 0.143 e. The van der Waals surface area contributed by atoms with Gasteiger partial charge in [-0.05, 0) is 76.5 Å². The Morgan fingerprint density at radius 3 is 2.21 bits per heavy atom. The zero-order valence-corrected chi connectivity index (χ0v) is 18.7. The number of aryl methyl sites for hydroxylation is 2. The Morgan fingerprint density at radius 2 is 1.36 bits per heavy atom. The Morgan fingerprint density at radius 1 is 0.606 bits per heavy atom. The first-order chi connectivity index (χ1) is 16.2. The second-order valence-corrected chi connectivity index (χ2v) is 8.58. The molecule has 0 unspecified atom stereocenters. The highest BCUT2D eigenvalue weighted by atomic mass is 16.5. The van der Waals surface area contributed by atoms with Crippen LogP contribution in [0.2, 0.25) is 0 Å². The molecule has 158 valence electrons. The quantitative estimate of drug-likeness (QED) is 0.265. The molecule has 0 N–H and O–H groups in total. The van der Waals surface area contributed by atoms with E-state index >= 15 is 0 Å². The van der Waals surface area contributed by atoms with Crippen LogP contribution in [0.15, 0.2) is 103 Å². The molecule has 6 rings (SSSR count). The van der Waals surface area contributed by atoms with E-state index in [9.17, 15) is 0 Å². The minimum absolute atomic E-state index is 0.847. The van der Waals surface area contributed by atoms with Gasteiger partial charge in [-0.3, -0.25) is 4.98 Å². The van der Waals surface area contributed by atoms with Gasteiger partial charge >= 0.3 is 0 Å². The zero-order valence-electron chi connectivity index (χ0n) is 18.7. The van der Waals surface area contributed by atoms with Gasteiger partial charge in [0.15, 0.2) is 0 Å². The van der Waals surface area contributed by atoms with E-state index in [2.05, 4.69) is 104 Å². The fourth-order valence-electron chi connectivity index (χ4n) is 4.64. The molecule has 0 aliphatic rings. The van der Waals surface area contributed by atoms with Crippen molar-refractivity contribution in [1.82, 2.24) is 4.98 Å². The Labute approximate surface area is 193 Å². The van der Waals surface area contributed by atoms with Gasteiger partial charge in [0, 0.05) is 28.6 Å². The number of aromatic nitrogens is 1. The van der Waals surface area contributed by atoms with Crippen LogP contribution in [0.4, 0.5) is 0 Å². The van der Waals surface area contributed by atoms with Gasteiger partial charge in [0.25, 0.3) is 0 Å². The lowest BCUT2D eigenvalue weighted by Crippen LogP contribution is -1.93. The molecule has 2 nitrogen and oxygen atoms in total. The highest BCUT2D eigenvalue weighted by molar-refractivity contribution is 6.17. The van der Waals surface area contributed by atoms with E-state index in [4.69, 9.17) is 4.74 Å². The van der Waals surface area contributed by atoms with Crippen LogP contribution in [0.1, 0.15) is 11.1 Å². The second kappa shape index (κ2) is 7.75. The third kappa shape index (κ3) is 3.32. The number of ether oxygens (including phenoxy) is 1. The Balaban J connectivity index is 1.66. The van der Waals surface area contributed by atoms with E-state index in [1.165, 1.54) is 33.0 Å². The highest BCUT2D eigenvalue weighted by Crippen LogP contribution is 2.44. The number of nitrogens with zero attached hydrogens (tertiary/aromatic N) is 1. The van der Waals surface area contributed by atoms with Crippen LogP contribution >= 0.6 is 0 Å². The van der Waals surface area contributed by atoms with Gasteiger partial charge in [-0.25, -0.2) is 0 Å². The third-order valence-corrected chi connectivity index (χ3v) is 6.51. The van der Waals surface area contributed by atoms with E-state index in [1.54, 1.807) is 0 Å². The largest absolute Gasteiger partial charge is 0.456 e. The van der Waals surface area contributed by atoms with Gasteiger partial charge in [-0.15, -0.1) is 0 Å². The maximum atomic E-state index is 6.57. The summed E-state index contributed by atoms with van der Waals surface area (Å²) in [7, 11) is 0. The second-order valence-electron chi connectivity index (χ2n) is 8.58. The summed E-state index contributed by atoms with van der Waals surface area (Å²) >= 11 is 0. The van der Waals surface area contributed by atoms with Gasteiger partial charge in [-0.1, -0.05) is 66.7 Å². The predicted molar refractivity (Wildman–Crippen MR) is 138 cm³/mol. The molecule has 0 aliphatic heterocycles. The predicted octanol–water partition coefficient (Wildman–Crippen LogP) is 8.62. The first kappa shape index (κ1) is 19.5. The summed E-state index contributed by atoms with van der Waals surface area (Å²) in [4.78, 5) is 4.49. The molecular formula is C31H23NO. The fraction of sp³-hybridized carbons (Fsp3) is 0.0645. The lowest BCUT2D eigenvalue weighted by Gasteiger charge is -2.18. The molecule has 0 aliphatic carbocycles. The van der Waals surface area contributed by atoms with Crippen molar-refractivity contribution in [3.8, 4) is 22.6 Å². The number of benzene rings is 5. The molecular weight excluding hydrogens is 402 g/mol. The average Bonchev–Trinajstić information content (AvgIpc) is 2.86. The number of fused-ring (bicyclic) bond motifs is 3. The van der Waals surface area contributed by atoms with Crippen molar-refractivity contribution in [2.24, 2.45) is 0 Å². The summed E-state index contributed by atoms with van der Waals surface area (Å²) in [6.07, 6.45) is 3.80. The van der Waals surface area contributed by atoms with E-state index < -0.39 is 0 Å². The van der Waals surface area contributed by atoms with E-state index in [1.807, 2.05) is 18.5 Å². The van der Waals surface area contributed by atoms with Crippen molar-refractivity contribution < 1.29 is 4.74 Å². The monoisotopic (exact) mass is 425 g/mol. The Bertz CT molecular complexity index is 1610. The van der Waals surface area contributed by atoms with E-state index in [0.29, 0.717) is 0 Å². The normalized spacial score (nSPS) is 11.3. The van der Waals surface area contributed by atoms with Crippen LogP contribution in [0.5, 0.6) is 11.5 Å². The lowest BCUT2D eigenvalue weighted by molar-refractivity contribution is 0.493. The molecule has 0 spiro atoms. The number of rotatable bonds is 3. The Kier molecular flexibility index (Phi) is 4.58. The van der Waals surface area contributed by atoms with Gasteiger partial charge in [0.05, 0.1) is 0 Å². The van der Waals surface area contributed by atoms with Crippen LogP contribution in [0.3, 0.4) is 0 Å². The summed E-state index contributed by atoms with van der Waals surface area (Å²) in [5.41, 5.74) is 4.84. The summed E-state index contributed by atoms with van der Waals surface area (Å²) in [6, 6.07) is 32.0.